The maximum atomic E-state index is 12.9. The predicted octanol–water partition coefficient (Wildman–Crippen LogP) is 1.17. The number of aromatic nitrogens is 1. The van der Waals surface area contributed by atoms with Crippen LogP contribution in [0.15, 0.2) is 28.3 Å². The molecule has 0 bridgehead atoms. The third-order valence-corrected chi connectivity index (χ3v) is 6.81. The van der Waals surface area contributed by atoms with E-state index >= 15 is 0 Å². The second kappa shape index (κ2) is 7.82. The summed E-state index contributed by atoms with van der Waals surface area (Å²) in [5, 5.41) is 0.428. The summed E-state index contributed by atoms with van der Waals surface area (Å²) in [6.07, 6.45) is 4.03. The molecule has 0 aromatic carbocycles. The maximum Gasteiger partial charge on any atom is 0.279 e. The van der Waals surface area contributed by atoms with Crippen molar-refractivity contribution in [2.24, 2.45) is 7.05 Å². The van der Waals surface area contributed by atoms with Gasteiger partial charge in [0, 0.05) is 40.1 Å². The number of carbonyl (C=O) groups is 1. The van der Waals surface area contributed by atoms with Crippen molar-refractivity contribution >= 4 is 45.8 Å². The summed E-state index contributed by atoms with van der Waals surface area (Å²) < 4.78 is 2.77. The fourth-order valence-corrected chi connectivity index (χ4v) is 4.16. The first-order chi connectivity index (χ1) is 12.5. The molecule has 0 atom stereocenters. The molecule has 0 saturated carbocycles. The molecule has 6 nitrogen and oxygen atoms in total. The minimum absolute atomic E-state index is 0.111. The minimum Gasteiger partial charge on any atom is -0.355 e. The second-order valence-electron chi connectivity index (χ2n) is 6.63. The molecule has 0 unspecified atom stereocenters. The lowest BCUT2D eigenvalue weighted by molar-refractivity contribution is -0.120. The summed E-state index contributed by atoms with van der Waals surface area (Å²) in [6.45, 7) is 7.93. The fourth-order valence-electron chi connectivity index (χ4n) is 2.71. The minimum atomic E-state index is -0.195. The number of hydrogen-bond donors (Lipinski definition) is 0. The summed E-state index contributed by atoms with van der Waals surface area (Å²) >= 11 is 6.61. The van der Waals surface area contributed by atoms with Crippen LogP contribution in [-0.2, 0) is 11.8 Å². The highest BCUT2D eigenvalue weighted by atomic mass is 32.1. The summed E-state index contributed by atoms with van der Waals surface area (Å²) in [4.78, 5) is 30.5. The van der Waals surface area contributed by atoms with E-state index in [2.05, 4.69) is 0 Å². The summed E-state index contributed by atoms with van der Waals surface area (Å²) in [5.41, 5.74) is 3.34. The molecule has 1 fully saturated rings. The van der Waals surface area contributed by atoms with E-state index in [1.807, 2.05) is 51.9 Å². The first kappa shape index (κ1) is 21.1. The van der Waals surface area contributed by atoms with Crippen LogP contribution in [0.1, 0.15) is 27.7 Å². The SMILES string of the molecule is CC=C(C)N(C)C=C(C)C(C)=c1s/c(=C2/C(=O)N(C)C(=S)N2C)n(C)c1=O. The van der Waals surface area contributed by atoms with Gasteiger partial charge in [-0.25, -0.2) is 0 Å². The van der Waals surface area contributed by atoms with E-state index in [0.29, 0.717) is 20.0 Å². The Balaban J connectivity index is 2.75. The highest BCUT2D eigenvalue weighted by Gasteiger charge is 2.34. The van der Waals surface area contributed by atoms with Gasteiger partial charge in [-0.1, -0.05) is 6.08 Å². The van der Waals surface area contributed by atoms with Crippen LogP contribution in [-0.4, -0.2) is 51.4 Å². The molecule has 0 spiro atoms. The number of nitrogens with zero attached hydrogens (tertiary/aromatic N) is 4. The highest BCUT2D eigenvalue weighted by molar-refractivity contribution is 7.80. The number of hydrogen-bond acceptors (Lipinski definition) is 5. The monoisotopic (exact) mass is 406 g/mol. The molecule has 8 heteroatoms. The molecule has 0 radical (unpaired) electrons. The molecule has 0 N–H and O–H groups in total. The van der Waals surface area contributed by atoms with Gasteiger partial charge in [-0.2, -0.15) is 0 Å². The van der Waals surface area contributed by atoms with Crippen LogP contribution in [0.3, 0.4) is 0 Å². The number of amides is 1. The summed E-state index contributed by atoms with van der Waals surface area (Å²) in [6, 6.07) is 0. The number of allylic oxidation sites excluding steroid dienone is 3. The van der Waals surface area contributed by atoms with Crippen molar-refractivity contribution in [1.29, 1.82) is 0 Å². The van der Waals surface area contributed by atoms with Crippen LogP contribution in [0.2, 0.25) is 0 Å². The average Bonchev–Trinajstić information content (AvgIpc) is 3.02. The van der Waals surface area contributed by atoms with Crippen LogP contribution >= 0.6 is 23.6 Å². The predicted molar refractivity (Wildman–Crippen MR) is 115 cm³/mol. The Labute approximate surface area is 169 Å². The highest BCUT2D eigenvalue weighted by Crippen LogP contribution is 2.17. The van der Waals surface area contributed by atoms with E-state index in [1.54, 1.807) is 26.0 Å². The number of thiocarbonyl (C=S) groups is 1. The lowest BCUT2D eigenvalue weighted by Gasteiger charge is -2.16. The number of rotatable bonds is 3. The Hall–Kier alpha value is -2.19. The van der Waals surface area contributed by atoms with E-state index in [9.17, 15) is 9.59 Å². The van der Waals surface area contributed by atoms with Crippen LogP contribution < -0.4 is 14.8 Å². The smallest absolute Gasteiger partial charge is 0.279 e. The van der Waals surface area contributed by atoms with E-state index in [0.717, 1.165) is 16.8 Å². The first-order valence-electron chi connectivity index (χ1n) is 8.54. The number of likely N-dealkylation sites (N-methyl/N-ethyl adjacent to an activating group) is 2. The summed E-state index contributed by atoms with van der Waals surface area (Å²) in [5.74, 6) is -0.195. The molecule has 0 aliphatic carbocycles. The lowest BCUT2D eigenvalue weighted by Crippen LogP contribution is -2.32. The molecule has 1 aliphatic rings. The van der Waals surface area contributed by atoms with Crippen molar-refractivity contribution in [2.45, 2.75) is 27.7 Å². The van der Waals surface area contributed by atoms with Crippen LogP contribution in [0.4, 0.5) is 0 Å². The third kappa shape index (κ3) is 3.64. The second-order valence-corrected chi connectivity index (χ2v) is 8.00. The zero-order valence-corrected chi connectivity index (χ0v) is 18.7. The third-order valence-electron chi connectivity index (χ3n) is 4.91. The Kier molecular flexibility index (Phi) is 6.11. The molecular weight excluding hydrogens is 380 g/mol. The fraction of sp³-hybridized carbons (Fsp3) is 0.421. The maximum absolute atomic E-state index is 12.9. The largest absolute Gasteiger partial charge is 0.355 e. The van der Waals surface area contributed by atoms with Gasteiger partial charge in [0.05, 0.1) is 4.53 Å². The van der Waals surface area contributed by atoms with Crippen molar-refractivity contribution in [2.75, 3.05) is 21.1 Å². The van der Waals surface area contributed by atoms with Gasteiger partial charge in [-0.05, 0) is 51.1 Å². The zero-order valence-electron chi connectivity index (χ0n) is 17.1. The topological polar surface area (TPSA) is 48.8 Å². The van der Waals surface area contributed by atoms with Gasteiger partial charge in [-0.3, -0.25) is 14.5 Å². The molecule has 1 aliphatic heterocycles. The Morgan fingerprint density at radius 3 is 2.19 bits per heavy atom. The van der Waals surface area contributed by atoms with Crippen LogP contribution in [0.5, 0.6) is 0 Å². The van der Waals surface area contributed by atoms with Gasteiger partial charge in [-0.15, -0.1) is 11.3 Å². The first-order valence-corrected chi connectivity index (χ1v) is 9.76. The van der Waals surface area contributed by atoms with Crippen molar-refractivity contribution in [1.82, 2.24) is 19.3 Å². The van der Waals surface area contributed by atoms with Crippen LogP contribution in [0.25, 0.3) is 11.3 Å². The van der Waals surface area contributed by atoms with Gasteiger partial charge in [0.2, 0.25) is 0 Å². The number of thiazole rings is 1. The van der Waals surface area contributed by atoms with E-state index in [1.165, 1.54) is 20.8 Å². The zero-order chi connectivity index (χ0) is 20.6. The van der Waals surface area contributed by atoms with Gasteiger partial charge < -0.3 is 14.4 Å². The van der Waals surface area contributed by atoms with Crippen molar-refractivity contribution in [3.63, 3.8) is 0 Å². The van der Waals surface area contributed by atoms with Gasteiger partial charge in [0.25, 0.3) is 11.5 Å². The van der Waals surface area contributed by atoms with Gasteiger partial charge >= 0.3 is 0 Å². The normalized spacial score (nSPS) is 19.3. The lowest BCUT2D eigenvalue weighted by atomic mass is 10.1. The summed E-state index contributed by atoms with van der Waals surface area (Å²) in [7, 11) is 7.06. The molecule has 1 saturated heterocycles. The van der Waals surface area contributed by atoms with E-state index in [-0.39, 0.29) is 11.5 Å². The van der Waals surface area contributed by atoms with Crippen molar-refractivity contribution < 1.29 is 4.79 Å². The van der Waals surface area contributed by atoms with E-state index in [4.69, 9.17) is 12.2 Å². The molecule has 2 heterocycles. The van der Waals surface area contributed by atoms with Crippen molar-refractivity contribution in [3.8, 4) is 0 Å². The molecule has 1 amide bonds. The van der Waals surface area contributed by atoms with E-state index < -0.39 is 0 Å². The van der Waals surface area contributed by atoms with Gasteiger partial charge in [0.15, 0.2) is 5.11 Å². The average molecular weight is 407 g/mol. The molecule has 1 aromatic heterocycles. The standard InChI is InChI=1S/C19H26N4O2S2/c1-9-12(3)20(5)10-11(2)13(4)15-17(25)22(7)18(27-15)14-16(24)23(8)19(26)21(14)6/h9-10H,1-8H3/b11-10?,12-9?,15-13?,18-14-. The quantitative estimate of drug-likeness (QED) is 0.706. The Bertz CT molecular complexity index is 1040. The molecule has 146 valence electrons. The molecule has 1 aromatic rings. The Morgan fingerprint density at radius 1 is 1.11 bits per heavy atom. The van der Waals surface area contributed by atoms with Crippen molar-refractivity contribution in [3.05, 3.63) is 43.1 Å². The Morgan fingerprint density at radius 2 is 1.70 bits per heavy atom. The van der Waals surface area contributed by atoms with Crippen LogP contribution in [0, 0.1) is 0 Å². The number of carbonyl (C=O) groups excluding carboxylic acids is 1. The molecular formula is C19H26N4O2S2. The molecule has 27 heavy (non-hydrogen) atoms. The van der Waals surface area contributed by atoms with Gasteiger partial charge in [0.1, 0.15) is 10.4 Å². The molecule has 2 rings (SSSR count).